The monoisotopic (exact) mass is 551 g/mol. The first-order valence-corrected chi connectivity index (χ1v) is 12.0. The zero-order valence-corrected chi connectivity index (χ0v) is 22.3. The maximum atomic E-state index is 14.0. The van der Waals surface area contributed by atoms with Gasteiger partial charge < -0.3 is 23.7 Å². The van der Waals surface area contributed by atoms with Gasteiger partial charge in [0.15, 0.2) is 23.0 Å². The molecule has 0 aliphatic carbocycles. The van der Waals surface area contributed by atoms with Gasteiger partial charge in [-0.05, 0) is 59.7 Å². The highest BCUT2D eigenvalue weighted by Gasteiger charge is 2.18. The predicted octanol–water partition coefficient (Wildman–Crippen LogP) is 4.92. The van der Waals surface area contributed by atoms with Crippen LogP contribution in [0.5, 0.6) is 23.0 Å². The Hall–Kier alpha value is -4.93. The summed E-state index contributed by atoms with van der Waals surface area (Å²) < 4.78 is 55.8. The molecule has 0 saturated heterocycles. The Morgan fingerprint density at radius 3 is 2.23 bits per heavy atom. The molecule has 0 saturated carbocycles. The van der Waals surface area contributed by atoms with E-state index in [9.17, 15) is 13.6 Å². The number of carbonyl (C=O) groups excluding carboxylic acids is 1. The normalized spacial score (nSPS) is 11.2. The van der Waals surface area contributed by atoms with E-state index in [0.29, 0.717) is 39.8 Å². The third-order valence-corrected chi connectivity index (χ3v) is 5.91. The van der Waals surface area contributed by atoms with E-state index in [1.807, 2.05) is 0 Å². The molecule has 9 nitrogen and oxygen atoms in total. The minimum atomic E-state index is -0.646. The van der Waals surface area contributed by atoms with Gasteiger partial charge in [0.1, 0.15) is 23.9 Å². The molecule has 0 amide bonds. The number of methoxy groups -OCH3 is 4. The van der Waals surface area contributed by atoms with Gasteiger partial charge in [-0.2, -0.15) is 0 Å². The summed E-state index contributed by atoms with van der Waals surface area (Å²) in [4.78, 5) is 13.4. The number of hydrogen-bond donors (Lipinski definition) is 0. The van der Waals surface area contributed by atoms with Gasteiger partial charge in [0.25, 0.3) is 0 Å². The van der Waals surface area contributed by atoms with Crippen molar-refractivity contribution in [3.8, 4) is 23.0 Å². The van der Waals surface area contributed by atoms with Crippen LogP contribution in [0.2, 0.25) is 0 Å². The molecule has 208 valence electrons. The van der Waals surface area contributed by atoms with Crippen molar-refractivity contribution in [1.82, 2.24) is 15.0 Å². The molecule has 1 aromatic heterocycles. The van der Waals surface area contributed by atoms with E-state index in [0.717, 1.165) is 18.2 Å². The quantitative estimate of drug-likeness (QED) is 0.147. The number of nitrogens with zero attached hydrogens (tertiary/aromatic N) is 3. The van der Waals surface area contributed by atoms with Crippen molar-refractivity contribution in [1.29, 1.82) is 0 Å². The van der Waals surface area contributed by atoms with Gasteiger partial charge in [0.05, 0.1) is 46.8 Å². The zero-order chi connectivity index (χ0) is 28.6. The summed E-state index contributed by atoms with van der Waals surface area (Å²) in [6.07, 6.45) is 3.14. The summed E-state index contributed by atoms with van der Waals surface area (Å²) in [5.74, 6) is 0.181. The average Bonchev–Trinajstić information content (AvgIpc) is 3.43. The second kappa shape index (κ2) is 12.7. The second-order valence-corrected chi connectivity index (χ2v) is 8.46. The maximum absolute atomic E-state index is 14.0. The molecule has 4 rings (SSSR count). The van der Waals surface area contributed by atoms with Crippen molar-refractivity contribution in [2.75, 3.05) is 28.4 Å². The van der Waals surface area contributed by atoms with E-state index in [2.05, 4.69) is 10.3 Å². The molecule has 0 radical (unpaired) electrons. The molecule has 11 heteroatoms. The summed E-state index contributed by atoms with van der Waals surface area (Å²) in [5.41, 5.74) is 1.83. The number of hydrogen-bond acceptors (Lipinski definition) is 8. The second-order valence-electron chi connectivity index (χ2n) is 8.46. The van der Waals surface area contributed by atoms with E-state index in [-0.39, 0.29) is 24.3 Å². The predicted molar refractivity (Wildman–Crippen MR) is 142 cm³/mol. The van der Waals surface area contributed by atoms with Gasteiger partial charge in [-0.15, -0.1) is 5.10 Å². The smallest absolute Gasteiger partial charge is 0.339 e. The molecule has 0 fully saturated rings. The molecule has 40 heavy (non-hydrogen) atoms. The van der Waals surface area contributed by atoms with E-state index in [4.69, 9.17) is 23.7 Å². The minimum Gasteiger partial charge on any atom is -0.493 e. The van der Waals surface area contributed by atoms with Crippen LogP contribution < -0.4 is 18.9 Å². The fraction of sp³-hybridized carbons (Fsp3) is 0.207. The lowest BCUT2D eigenvalue weighted by Crippen LogP contribution is -2.08. The van der Waals surface area contributed by atoms with Crippen molar-refractivity contribution in [3.63, 3.8) is 0 Å². The molecule has 0 spiro atoms. The number of carbonyl (C=O) groups is 1. The Kier molecular flexibility index (Phi) is 8.95. The lowest BCUT2D eigenvalue weighted by atomic mass is 10.0. The molecular weight excluding hydrogens is 524 g/mol. The number of halogens is 2. The van der Waals surface area contributed by atoms with Crippen LogP contribution in [0.15, 0.2) is 60.8 Å². The van der Waals surface area contributed by atoms with Crippen LogP contribution in [-0.4, -0.2) is 49.4 Å². The molecule has 0 bridgehead atoms. The van der Waals surface area contributed by atoms with Crippen molar-refractivity contribution in [3.05, 3.63) is 94.8 Å². The van der Waals surface area contributed by atoms with Crippen LogP contribution in [0.25, 0.3) is 11.6 Å². The van der Waals surface area contributed by atoms with Crippen molar-refractivity contribution >= 4 is 17.6 Å². The van der Waals surface area contributed by atoms with Crippen molar-refractivity contribution in [2.45, 2.75) is 13.2 Å². The maximum Gasteiger partial charge on any atom is 0.339 e. The Bertz CT molecular complexity index is 1540. The van der Waals surface area contributed by atoms with Crippen molar-refractivity contribution in [2.24, 2.45) is 0 Å². The van der Waals surface area contributed by atoms with Crippen LogP contribution in [0.1, 0.15) is 22.4 Å². The Balaban J connectivity index is 1.59. The summed E-state index contributed by atoms with van der Waals surface area (Å²) in [7, 11) is 6.06. The molecule has 4 aromatic rings. The number of esters is 1. The van der Waals surface area contributed by atoms with Crippen LogP contribution >= 0.6 is 0 Å². The first-order chi connectivity index (χ1) is 19.3. The van der Waals surface area contributed by atoms with E-state index >= 15 is 0 Å². The van der Waals surface area contributed by atoms with Crippen LogP contribution in [0.4, 0.5) is 8.78 Å². The highest BCUT2D eigenvalue weighted by atomic mass is 19.1. The molecule has 3 aromatic carbocycles. The summed E-state index contributed by atoms with van der Waals surface area (Å²) in [6.45, 7) is -0.248. The highest BCUT2D eigenvalue weighted by Crippen LogP contribution is 2.33. The fourth-order valence-corrected chi connectivity index (χ4v) is 3.91. The fourth-order valence-electron chi connectivity index (χ4n) is 3.91. The molecule has 0 N–H and O–H groups in total. The minimum absolute atomic E-state index is 0.0410. The van der Waals surface area contributed by atoms with Crippen molar-refractivity contribution < 1.29 is 37.3 Å². The highest BCUT2D eigenvalue weighted by molar-refractivity contribution is 6.21. The van der Waals surface area contributed by atoms with Crippen LogP contribution in [0, 0.1) is 11.6 Å². The van der Waals surface area contributed by atoms with Crippen LogP contribution in [-0.2, 0) is 22.7 Å². The largest absolute Gasteiger partial charge is 0.493 e. The molecule has 0 unspecified atom stereocenters. The molecule has 0 atom stereocenters. The van der Waals surface area contributed by atoms with Gasteiger partial charge in [-0.3, -0.25) is 0 Å². The molecule has 0 aliphatic rings. The average molecular weight is 552 g/mol. The Morgan fingerprint density at radius 2 is 1.52 bits per heavy atom. The molecule has 1 heterocycles. The van der Waals surface area contributed by atoms with Gasteiger partial charge in [0.2, 0.25) is 0 Å². The van der Waals surface area contributed by atoms with E-state index < -0.39 is 17.6 Å². The first-order valence-electron chi connectivity index (χ1n) is 12.0. The SMILES string of the molecule is COc1ccc(/C=C(/C(=O)OCc2cn(Cc3cc(F)ccc3F)nn2)c2ccc(OC)c(OC)c2)cc1OC. The number of aromatic nitrogens is 3. The van der Waals surface area contributed by atoms with E-state index in [1.165, 1.54) is 39.3 Å². The molecular formula is C29H27F2N3O6. The number of benzene rings is 3. The zero-order valence-electron chi connectivity index (χ0n) is 22.3. The van der Waals surface area contributed by atoms with Gasteiger partial charge in [-0.25, -0.2) is 18.3 Å². The topological polar surface area (TPSA) is 93.9 Å². The lowest BCUT2D eigenvalue weighted by Gasteiger charge is -2.13. The van der Waals surface area contributed by atoms with Gasteiger partial charge >= 0.3 is 5.97 Å². The van der Waals surface area contributed by atoms with Gasteiger partial charge in [0, 0.05) is 5.56 Å². The third-order valence-electron chi connectivity index (χ3n) is 5.91. The number of ether oxygens (including phenoxy) is 5. The van der Waals surface area contributed by atoms with Gasteiger partial charge in [-0.1, -0.05) is 17.3 Å². The lowest BCUT2D eigenvalue weighted by molar-refractivity contribution is -0.137. The van der Waals surface area contributed by atoms with Crippen LogP contribution in [0.3, 0.4) is 0 Å². The summed E-state index contributed by atoms with van der Waals surface area (Å²) in [6, 6.07) is 13.4. The summed E-state index contributed by atoms with van der Waals surface area (Å²) >= 11 is 0. The Labute approximate surface area is 229 Å². The standard InChI is InChI=1S/C29H27F2N3O6/c1-36-25-9-5-18(12-27(25)38-3)11-23(19-6-10-26(37-2)28(14-19)39-4)29(35)40-17-22-16-34(33-32-22)15-20-13-21(30)7-8-24(20)31/h5-14,16H,15,17H2,1-4H3/b23-11+. The third kappa shape index (κ3) is 6.55. The summed E-state index contributed by atoms with van der Waals surface area (Å²) in [5, 5.41) is 7.90. The number of rotatable bonds is 11. The Morgan fingerprint density at radius 1 is 0.850 bits per heavy atom. The first kappa shape index (κ1) is 28.1. The molecule has 0 aliphatic heterocycles. The van der Waals surface area contributed by atoms with E-state index in [1.54, 1.807) is 42.5 Å².